The molecule has 0 aliphatic carbocycles. The Morgan fingerprint density at radius 2 is 2.00 bits per heavy atom. The van der Waals surface area contributed by atoms with Crippen LogP contribution in [-0.4, -0.2) is 31.7 Å². The molecule has 1 amide bonds. The van der Waals surface area contributed by atoms with Crippen LogP contribution in [0.3, 0.4) is 0 Å². The number of hydrogen-bond donors (Lipinski definition) is 2. The Bertz CT molecular complexity index is 867. The van der Waals surface area contributed by atoms with E-state index in [0.717, 1.165) is 9.18 Å². The van der Waals surface area contributed by atoms with E-state index in [2.05, 4.69) is 10.0 Å². The third-order valence-corrected chi connectivity index (χ3v) is 6.91. The molecular formula is C15H15Cl2N3O3S2. The number of rotatable bonds is 3. The van der Waals surface area contributed by atoms with Crippen LogP contribution in [0.4, 0.5) is 5.69 Å². The summed E-state index contributed by atoms with van der Waals surface area (Å²) >= 11 is 13.3. The quantitative estimate of drug-likeness (QED) is 0.800. The molecule has 2 heterocycles. The molecule has 1 aliphatic rings. The topological polar surface area (TPSA) is 78.5 Å². The van der Waals surface area contributed by atoms with Gasteiger partial charge < -0.3 is 5.32 Å². The molecule has 1 aliphatic heterocycles. The minimum absolute atomic E-state index is 0.316. The molecule has 10 heteroatoms. The molecule has 0 radical (unpaired) electrons. The molecule has 2 aromatic rings. The minimum Gasteiger partial charge on any atom is -0.325 e. The highest BCUT2D eigenvalue weighted by Gasteiger charge is 2.40. The van der Waals surface area contributed by atoms with E-state index in [1.54, 1.807) is 18.2 Å². The average Bonchev–Trinajstić information content (AvgIpc) is 3.02. The Hall–Kier alpha value is -1.16. The van der Waals surface area contributed by atoms with Gasteiger partial charge in [-0.05, 0) is 36.1 Å². The summed E-state index contributed by atoms with van der Waals surface area (Å²) in [6.45, 7) is 0. The minimum atomic E-state index is -3.76. The molecule has 1 fully saturated rings. The van der Waals surface area contributed by atoms with E-state index in [1.165, 1.54) is 18.4 Å². The van der Waals surface area contributed by atoms with Gasteiger partial charge in [0, 0.05) is 27.7 Å². The van der Waals surface area contributed by atoms with Crippen molar-refractivity contribution < 1.29 is 13.2 Å². The first kappa shape index (κ1) is 18.6. The molecule has 1 aromatic carbocycles. The Morgan fingerprint density at radius 1 is 1.32 bits per heavy atom. The summed E-state index contributed by atoms with van der Waals surface area (Å²) in [6, 6.07) is 7.04. The van der Waals surface area contributed by atoms with Crippen molar-refractivity contribution in [3.63, 3.8) is 0 Å². The zero-order valence-corrected chi connectivity index (χ0v) is 16.2. The van der Waals surface area contributed by atoms with E-state index in [-0.39, 0.29) is 0 Å². The average molecular weight is 420 g/mol. The maximum atomic E-state index is 12.7. The fourth-order valence-electron chi connectivity index (χ4n) is 2.64. The molecule has 25 heavy (non-hydrogen) atoms. The number of likely N-dealkylation sites (N-methyl/N-ethyl adjacent to an activating group) is 1. The molecular weight excluding hydrogens is 405 g/mol. The van der Waals surface area contributed by atoms with E-state index in [4.69, 9.17) is 23.2 Å². The third kappa shape index (κ3) is 4.16. The normalized spacial score (nSPS) is 23.3. The number of carbonyl (C=O) groups is 1. The number of nitrogens with zero attached hydrogens (tertiary/aromatic N) is 1. The van der Waals surface area contributed by atoms with Crippen LogP contribution in [0.5, 0.6) is 0 Å². The smallest absolute Gasteiger partial charge is 0.280 e. The number of amides is 1. The number of hydrogen-bond acceptors (Lipinski definition) is 4. The van der Waals surface area contributed by atoms with Gasteiger partial charge >= 0.3 is 0 Å². The summed E-state index contributed by atoms with van der Waals surface area (Å²) in [5.74, 6) is -0.438. The van der Waals surface area contributed by atoms with Crippen molar-refractivity contribution in [2.75, 3.05) is 12.4 Å². The molecule has 0 saturated carbocycles. The van der Waals surface area contributed by atoms with Crippen molar-refractivity contribution in [2.45, 2.75) is 18.5 Å². The number of thiophene rings is 1. The molecule has 1 saturated heterocycles. The van der Waals surface area contributed by atoms with Crippen molar-refractivity contribution in [1.29, 1.82) is 0 Å². The highest BCUT2D eigenvalue weighted by molar-refractivity contribution is 7.87. The zero-order chi connectivity index (χ0) is 18.2. The van der Waals surface area contributed by atoms with E-state index >= 15 is 0 Å². The van der Waals surface area contributed by atoms with Gasteiger partial charge in [0.15, 0.2) is 0 Å². The molecule has 134 valence electrons. The number of nitrogens with one attached hydrogen (secondary N) is 2. The molecule has 6 nitrogen and oxygen atoms in total. The van der Waals surface area contributed by atoms with Crippen LogP contribution in [0.1, 0.15) is 17.3 Å². The van der Waals surface area contributed by atoms with E-state index in [9.17, 15) is 13.2 Å². The Balaban J connectivity index is 1.84. The second-order valence-corrected chi connectivity index (χ2v) is 9.22. The van der Waals surface area contributed by atoms with Gasteiger partial charge in [-0.1, -0.05) is 29.3 Å². The van der Waals surface area contributed by atoms with Gasteiger partial charge in [0.1, 0.15) is 6.04 Å². The van der Waals surface area contributed by atoms with Gasteiger partial charge in [-0.2, -0.15) is 17.4 Å². The fraction of sp³-hybridized carbons (Fsp3) is 0.267. The van der Waals surface area contributed by atoms with Gasteiger partial charge in [-0.25, -0.2) is 0 Å². The van der Waals surface area contributed by atoms with Crippen molar-refractivity contribution >= 4 is 56.3 Å². The maximum Gasteiger partial charge on any atom is 0.280 e. The highest BCUT2D eigenvalue weighted by Crippen LogP contribution is 2.31. The molecule has 2 unspecified atom stereocenters. The summed E-state index contributed by atoms with van der Waals surface area (Å²) in [7, 11) is -2.39. The Morgan fingerprint density at radius 3 is 2.60 bits per heavy atom. The SMILES string of the molecule is CN1C(C(=O)Nc2cc(Cl)cc(Cl)c2)CC(c2cccs2)NS1(=O)=O. The van der Waals surface area contributed by atoms with Crippen LogP contribution in [0.25, 0.3) is 0 Å². The lowest BCUT2D eigenvalue weighted by molar-refractivity contribution is -0.120. The van der Waals surface area contributed by atoms with Crippen molar-refractivity contribution in [3.05, 3.63) is 50.6 Å². The lowest BCUT2D eigenvalue weighted by atomic mass is 10.1. The van der Waals surface area contributed by atoms with Crippen LogP contribution in [-0.2, 0) is 15.0 Å². The Kier molecular flexibility index (Phi) is 5.38. The van der Waals surface area contributed by atoms with Crippen molar-refractivity contribution in [2.24, 2.45) is 0 Å². The largest absolute Gasteiger partial charge is 0.325 e. The summed E-state index contributed by atoms with van der Waals surface area (Å²) in [4.78, 5) is 13.5. The molecule has 3 rings (SSSR count). The van der Waals surface area contributed by atoms with E-state index in [1.807, 2.05) is 17.5 Å². The summed E-state index contributed by atoms with van der Waals surface area (Å²) < 4.78 is 28.4. The molecule has 2 N–H and O–H groups in total. The van der Waals surface area contributed by atoms with E-state index in [0.29, 0.717) is 22.2 Å². The van der Waals surface area contributed by atoms with Crippen LogP contribution in [0, 0.1) is 0 Å². The van der Waals surface area contributed by atoms with Crippen molar-refractivity contribution in [1.82, 2.24) is 9.03 Å². The standard InChI is InChI=1S/C15H15Cl2N3O3S2/c1-20-13(15(21)18-11-6-9(16)5-10(17)7-11)8-12(19-25(20,22)23)14-3-2-4-24-14/h2-7,12-13,19H,8H2,1H3,(H,18,21). The number of halogens is 2. The second-order valence-electron chi connectivity index (χ2n) is 5.61. The van der Waals surface area contributed by atoms with E-state index < -0.39 is 28.2 Å². The predicted octanol–water partition coefficient (Wildman–Crippen LogP) is 3.27. The first-order valence-corrected chi connectivity index (χ1v) is 10.4. The van der Waals surface area contributed by atoms with Gasteiger partial charge in [0.25, 0.3) is 10.2 Å². The lowest BCUT2D eigenvalue weighted by Crippen LogP contribution is -2.55. The highest BCUT2D eigenvalue weighted by atomic mass is 35.5. The van der Waals surface area contributed by atoms with Crippen LogP contribution < -0.4 is 10.0 Å². The molecule has 1 aromatic heterocycles. The molecule has 2 atom stereocenters. The zero-order valence-electron chi connectivity index (χ0n) is 13.1. The Labute approximate surface area is 159 Å². The summed E-state index contributed by atoms with van der Waals surface area (Å²) in [5.41, 5.74) is 0.416. The fourth-order valence-corrected chi connectivity index (χ4v) is 5.30. The third-order valence-electron chi connectivity index (χ3n) is 3.89. The molecule has 0 bridgehead atoms. The first-order valence-electron chi connectivity index (χ1n) is 7.32. The maximum absolute atomic E-state index is 12.7. The second kappa shape index (κ2) is 7.22. The van der Waals surface area contributed by atoms with Gasteiger partial charge in [-0.3, -0.25) is 4.79 Å². The van der Waals surface area contributed by atoms with Gasteiger partial charge in [-0.15, -0.1) is 11.3 Å². The number of anilines is 1. The van der Waals surface area contributed by atoms with Crippen LogP contribution in [0.15, 0.2) is 35.7 Å². The number of benzene rings is 1. The van der Waals surface area contributed by atoms with Gasteiger partial charge in [0.05, 0.1) is 6.04 Å². The molecule has 0 spiro atoms. The van der Waals surface area contributed by atoms with Crippen LogP contribution in [0.2, 0.25) is 10.0 Å². The first-order chi connectivity index (χ1) is 11.8. The van der Waals surface area contributed by atoms with Crippen molar-refractivity contribution in [3.8, 4) is 0 Å². The summed E-state index contributed by atoms with van der Waals surface area (Å²) in [5, 5.41) is 5.32. The van der Waals surface area contributed by atoms with Gasteiger partial charge in [0.2, 0.25) is 5.91 Å². The number of carbonyl (C=O) groups excluding carboxylic acids is 1. The predicted molar refractivity (Wildman–Crippen MR) is 100 cm³/mol. The lowest BCUT2D eigenvalue weighted by Gasteiger charge is -2.35. The monoisotopic (exact) mass is 419 g/mol. The summed E-state index contributed by atoms with van der Waals surface area (Å²) in [6.07, 6.45) is 0.316. The van der Waals surface area contributed by atoms with Crippen LogP contribution >= 0.6 is 34.5 Å².